The zero-order valence-electron chi connectivity index (χ0n) is 19.9. The molecule has 1 saturated carbocycles. The van der Waals surface area contributed by atoms with E-state index in [1.165, 1.54) is 24.3 Å². The number of fused-ring (bicyclic) bond motifs is 1. The predicted molar refractivity (Wildman–Crippen MR) is 144 cm³/mol. The minimum absolute atomic E-state index is 0.0165. The highest BCUT2D eigenvalue weighted by Crippen LogP contribution is 2.52. The van der Waals surface area contributed by atoms with Crippen molar-refractivity contribution in [3.05, 3.63) is 126 Å². The first-order chi connectivity index (χ1) is 17.3. The van der Waals surface area contributed by atoms with Crippen LogP contribution in [0.4, 0.5) is 0 Å². The molecule has 0 bridgehead atoms. The van der Waals surface area contributed by atoms with Gasteiger partial charge in [0.1, 0.15) is 0 Å². The highest BCUT2D eigenvalue weighted by atomic mass is 32.3. The molecule has 36 heavy (non-hydrogen) atoms. The molecule has 0 spiro atoms. The fourth-order valence-electron chi connectivity index (χ4n) is 5.37. The van der Waals surface area contributed by atoms with Crippen molar-refractivity contribution in [3.63, 3.8) is 0 Å². The minimum Gasteiger partial charge on any atom is -0.222 e. The average molecular weight is 517 g/mol. The van der Waals surface area contributed by atoms with Crippen molar-refractivity contribution >= 4 is 25.8 Å². The van der Waals surface area contributed by atoms with Crippen molar-refractivity contribution in [2.45, 2.75) is 39.6 Å². The molecule has 0 aromatic heterocycles. The zero-order chi connectivity index (χ0) is 25.4. The first-order valence-corrected chi connectivity index (χ1v) is 15.0. The molecule has 0 N–H and O–H groups in total. The molecule has 0 radical (unpaired) electrons. The molecule has 0 heterocycles. The van der Waals surface area contributed by atoms with Gasteiger partial charge in [-0.15, -0.1) is 0 Å². The van der Waals surface area contributed by atoms with Crippen molar-refractivity contribution in [1.82, 2.24) is 0 Å². The van der Waals surface area contributed by atoms with E-state index in [9.17, 15) is 16.8 Å². The number of allylic oxidation sites excluding steroid dienone is 4. The Morgan fingerprint density at radius 3 is 1.75 bits per heavy atom. The van der Waals surface area contributed by atoms with E-state index in [1.807, 2.05) is 36.4 Å². The molecule has 2 aliphatic rings. The first-order valence-electron chi connectivity index (χ1n) is 12.0. The van der Waals surface area contributed by atoms with E-state index in [0.717, 1.165) is 35.1 Å². The Bertz CT molecular complexity index is 1480. The van der Waals surface area contributed by atoms with Crippen LogP contribution in [0.1, 0.15) is 31.2 Å². The van der Waals surface area contributed by atoms with Crippen LogP contribution >= 0.6 is 0 Å². The SMILES string of the molecule is C=C1/C(=C/c2ccccc2)CCC2=CCC(S(=O)(=O)c3ccccc3)(S(=O)(=O)c3ccccc3)CC12. The van der Waals surface area contributed by atoms with Crippen LogP contribution in [0.2, 0.25) is 0 Å². The summed E-state index contributed by atoms with van der Waals surface area (Å²) in [4.78, 5) is 0.0330. The number of sulfone groups is 2. The lowest BCUT2D eigenvalue weighted by Gasteiger charge is -2.42. The maximum atomic E-state index is 14.2. The molecule has 1 fully saturated rings. The van der Waals surface area contributed by atoms with Crippen LogP contribution in [-0.2, 0) is 19.7 Å². The Kier molecular flexibility index (Phi) is 6.35. The van der Waals surface area contributed by atoms with Crippen molar-refractivity contribution in [3.8, 4) is 0 Å². The summed E-state index contributed by atoms with van der Waals surface area (Å²) >= 11 is 0. The fraction of sp³-hybridized carbons (Fsp3) is 0.200. The molecule has 4 nitrogen and oxygen atoms in total. The Morgan fingerprint density at radius 1 is 0.722 bits per heavy atom. The molecule has 1 atom stereocenters. The van der Waals surface area contributed by atoms with E-state index in [4.69, 9.17) is 0 Å². The Morgan fingerprint density at radius 2 is 1.22 bits per heavy atom. The van der Waals surface area contributed by atoms with E-state index in [0.29, 0.717) is 0 Å². The third-order valence-electron chi connectivity index (χ3n) is 7.38. The van der Waals surface area contributed by atoms with Gasteiger partial charge >= 0.3 is 0 Å². The summed E-state index contributed by atoms with van der Waals surface area (Å²) in [5, 5.41) is 0. The summed E-state index contributed by atoms with van der Waals surface area (Å²) < 4.78 is 54.9. The predicted octanol–water partition coefficient (Wildman–Crippen LogP) is 6.40. The van der Waals surface area contributed by atoms with Gasteiger partial charge in [-0.1, -0.05) is 91.0 Å². The molecule has 0 amide bonds. The Balaban J connectivity index is 1.66. The van der Waals surface area contributed by atoms with Crippen LogP contribution in [0.25, 0.3) is 6.08 Å². The summed E-state index contributed by atoms with van der Waals surface area (Å²) in [6.07, 6.45) is 5.33. The van der Waals surface area contributed by atoms with Gasteiger partial charge in [0.25, 0.3) is 0 Å². The lowest BCUT2D eigenvalue weighted by Crippen LogP contribution is -2.50. The molecular weight excluding hydrogens is 488 g/mol. The van der Waals surface area contributed by atoms with Crippen LogP contribution in [0, 0.1) is 5.92 Å². The van der Waals surface area contributed by atoms with E-state index >= 15 is 0 Å². The van der Waals surface area contributed by atoms with Gasteiger partial charge in [-0.05, 0) is 60.2 Å². The van der Waals surface area contributed by atoms with Crippen LogP contribution in [0.5, 0.6) is 0 Å². The van der Waals surface area contributed by atoms with E-state index in [1.54, 1.807) is 36.4 Å². The van der Waals surface area contributed by atoms with Crippen LogP contribution in [-0.4, -0.2) is 20.9 Å². The second-order valence-electron chi connectivity index (χ2n) is 9.39. The van der Waals surface area contributed by atoms with Crippen LogP contribution in [0.3, 0.4) is 0 Å². The van der Waals surface area contributed by atoms with Crippen molar-refractivity contribution < 1.29 is 16.8 Å². The normalized spacial score (nSPS) is 21.0. The van der Waals surface area contributed by atoms with Gasteiger partial charge in [0, 0.05) is 12.3 Å². The summed E-state index contributed by atoms with van der Waals surface area (Å²) in [7, 11) is -8.55. The maximum Gasteiger partial charge on any atom is 0.199 e. The first kappa shape index (κ1) is 24.5. The molecule has 184 valence electrons. The Hall–Kier alpha value is -3.22. The summed E-state index contributed by atoms with van der Waals surface area (Å²) in [6, 6.07) is 25.8. The summed E-state index contributed by atoms with van der Waals surface area (Å²) in [5.74, 6) is -0.362. The van der Waals surface area contributed by atoms with E-state index in [2.05, 4.69) is 12.7 Å². The summed E-state index contributed by atoms with van der Waals surface area (Å²) in [6.45, 7) is 4.35. The van der Waals surface area contributed by atoms with Gasteiger partial charge in [-0.2, -0.15) is 0 Å². The molecule has 6 heteroatoms. The van der Waals surface area contributed by atoms with E-state index < -0.39 is 23.8 Å². The van der Waals surface area contributed by atoms with E-state index in [-0.39, 0.29) is 28.6 Å². The molecule has 3 aromatic rings. The zero-order valence-corrected chi connectivity index (χ0v) is 21.5. The lowest BCUT2D eigenvalue weighted by molar-refractivity contribution is 0.463. The average Bonchev–Trinajstić information content (AvgIpc) is 2.91. The third-order valence-corrected chi connectivity index (χ3v) is 13.1. The maximum absolute atomic E-state index is 14.2. The lowest BCUT2D eigenvalue weighted by atomic mass is 9.72. The topological polar surface area (TPSA) is 68.3 Å². The highest BCUT2D eigenvalue weighted by Gasteiger charge is 2.58. The number of hydrogen-bond donors (Lipinski definition) is 0. The van der Waals surface area contributed by atoms with Gasteiger partial charge in [0.15, 0.2) is 23.8 Å². The van der Waals surface area contributed by atoms with Crippen molar-refractivity contribution in [2.75, 3.05) is 0 Å². The van der Waals surface area contributed by atoms with Gasteiger partial charge in [-0.25, -0.2) is 16.8 Å². The van der Waals surface area contributed by atoms with Crippen molar-refractivity contribution in [2.24, 2.45) is 5.92 Å². The molecule has 5 rings (SSSR count). The quantitative estimate of drug-likeness (QED) is 0.368. The largest absolute Gasteiger partial charge is 0.222 e. The van der Waals surface area contributed by atoms with Crippen LogP contribution < -0.4 is 0 Å². The third kappa shape index (κ3) is 3.98. The van der Waals surface area contributed by atoms with Gasteiger partial charge < -0.3 is 0 Å². The Labute approximate surface area is 213 Å². The molecule has 1 unspecified atom stereocenters. The number of hydrogen-bond acceptors (Lipinski definition) is 4. The van der Waals surface area contributed by atoms with Gasteiger partial charge in [0.05, 0.1) is 9.79 Å². The van der Waals surface area contributed by atoms with Gasteiger partial charge in [-0.3, -0.25) is 0 Å². The molecule has 3 aromatic carbocycles. The summed E-state index contributed by atoms with van der Waals surface area (Å²) in [5.41, 5.74) is 3.95. The smallest absolute Gasteiger partial charge is 0.199 e. The molecule has 0 saturated heterocycles. The standard InChI is InChI=1S/C30H28O4S2/c1-23-26(21-24-11-5-2-6-12-24)18-17-25-19-20-30(22-29(23)25,35(31,32)27-13-7-3-8-14-27)36(33,34)28-15-9-4-10-16-28/h2-16,19,21,29H,1,17-18,20,22H2/b26-21+. The van der Waals surface area contributed by atoms with Crippen LogP contribution in [0.15, 0.2) is 130 Å². The monoisotopic (exact) mass is 516 g/mol. The fourth-order valence-corrected chi connectivity index (χ4v) is 10.4. The number of benzene rings is 3. The minimum atomic E-state index is -4.27. The second kappa shape index (κ2) is 9.34. The number of rotatable bonds is 5. The van der Waals surface area contributed by atoms with Gasteiger partial charge in [0.2, 0.25) is 0 Å². The molecule has 2 aliphatic carbocycles. The second-order valence-corrected chi connectivity index (χ2v) is 14.2. The highest BCUT2D eigenvalue weighted by molar-refractivity contribution is 8.10. The molecular formula is C30H28O4S2. The molecule has 0 aliphatic heterocycles. The van der Waals surface area contributed by atoms with Crippen molar-refractivity contribution in [1.29, 1.82) is 0 Å².